The van der Waals surface area contributed by atoms with Crippen molar-refractivity contribution in [1.29, 1.82) is 5.41 Å². The molecule has 1 aliphatic heterocycles. The number of carbonyl (C=O) groups excluding carboxylic acids is 3. The van der Waals surface area contributed by atoms with Crippen LogP contribution in [-0.2, 0) is 27.2 Å². The number of nitrogens with one attached hydrogen (secondary N) is 3. The second-order valence-corrected chi connectivity index (χ2v) is 12.0. The van der Waals surface area contributed by atoms with Gasteiger partial charge in [-0.1, -0.05) is 84.9 Å². The summed E-state index contributed by atoms with van der Waals surface area (Å²) in [4.78, 5) is 43.9. The van der Waals surface area contributed by atoms with Crippen LogP contribution in [0.25, 0.3) is 21.5 Å². The quantitative estimate of drug-likeness (QED) is 0.123. The zero-order chi connectivity index (χ0) is 31.9. The summed E-state index contributed by atoms with van der Waals surface area (Å²) in [7, 11) is 0. The van der Waals surface area contributed by atoms with Gasteiger partial charge >= 0.3 is 0 Å². The number of nitrogens with zero attached hydrogens (tertiary/aromatic N) is 2. The van der Waals surface area contributed by atoms with Gasteiger partial charge < -0.3 is 26.2 Å². The van der Waals surface area contributed by atoms with Gasteiger partial charge in [-0.15, -0.1) is 0 Å². The van der Waals surface area contributed by atoms with Crippen molar-refractivity contribution in [2.24, 2.45) is 5.73 Å². The van der Waals surface area contributed by atoms with E-state index in [4.69, 9.17) is 11.1 Å². The molecule has 1 fully saturated rings. The molecule has 0 aliphatic carbocycles. The average Bonchev–Trinajstić information content (AvgIpc) is 3.02. The van der Waals surface area contributed by atoms with Crippen LogP contribution in [0.4, 0.5) is 0 Å². The summed E-state index contributed by atoms with van der Waals surface area (Å²) in [6, 6.07) is 27.2. The normalized spacial score (nSPS) is 17.2. The van der Waals surface area contributed by atoms with E-state index >= 15 is 0 Å². The van der Waals surface area contributed by atoms with Gasteiger partial charge in [-0.25, -0.2) is 0 Å². The van der Waals surface area contributed by atoms with Crippen LogP contribution in [0, 0.1) is 5.41 Å². The maximum atomic E-state index is 14.2. The minimum Gasteiger partial charge on any atom is -0.370 e. The number of nitrogens with two attached hydrogens (primary N) is 1. The van der Waals surface area contributed by atoms with E-state index in [2.05, 4.69) is 28.8 Å². The molecule has 0 spiro atoms. The first-order valence-electron chi connectivity index (χ1n) is 15.6. The molecule has 0 saturated carbocycles. The van der Waals surface area contributed by atoms with Crippen molar-refractivity contribution in [3.63, 3.8) is 0 Å². The van der Waals surface area contributed by atoms with Gasteiger partial charge in [0.05, 0.1) is 6.42 Å². The molecule has 4 aromatic rings. The SMILES string of the molecule is CC(=O)N[C@H](Cc1ccc2ccccc2c1)C(=O)N1C[C@@H](C)N(C(=O)Cc2ccc3ccccc3c2)C[C@@H]1CCCNC(=N)N. The van der Waals surface area contributed by atoms with Crippen LogP contribution in [0.15, 0.2) is 84.9 Å². The van der Waals surface area contributed by atoms with Gasteiger partial charge in [0, 0.05) is 45.1 Å². The van der Waals surface area contributed by atoms with Crippen molar-refractivity contribution in [3.05, 3.63) is 96.1 Å². The molecule has 9 nitrogen and oxygen atoms in total. The third-order valence-electron chi connectivity index (χ3n) is 8.57. The Bertz CT molecular complexity index is 1700. The monoisotopic (exact) mass is 606 g/mol. The van der Waals surface area contributed by atoms with Gasteiger partial charge in [0.15, 0.2) is 5.96 Å². The predicted octanol–water partition coefficient (Wildman–Crippen LogP) is 3.97. The minimum atomic E-state index is -0.742. The molecular weight excluding hydrogens is 564 g/mol. The van der Waals surface area contributed by atoms with E-state index in [1.165, 1.54) is 6.92 Å². The molecule has 0 aromatic heterocycles. The van der Waals surface area contributed by atoms with Gasteiger partial charge in [-0.3, -0.25) is 19.8 Å². The molecular formula is C36H42N6O3. The molecule has 9 heteroatoms. The second-order valence-electron chi connectivity index (χ2n) is 12.0. The number of hydrogen-bond donors (Lipinski definition) is 4. The lowest BCUT2D eigenvalue weighted by molar-refractivity contribution is -0.148. The van der Waals surface area contributed by atoms with Crippen molar-refractivity contribution in [2.75, 3.05) is 19.6 Å². The van der Waals surface area contributed by atoms with Gasteiger partial charge in [-0.2, -0.15) is 0 Å². The van der Waals surface area contributed by atoms with Crippen LogP contribution in [0.2, 0.25) is 0 Å². The van der Waals surface area contributed by atoms with Crippen LogP contribution < -0.4 is 16.4 Å². The van der Waals surface area contributed by atoms with Crippen molar-refractivity contribution in [3.8, 4) is 0 Å². The molecule has 45 heavy (non-hydrogen) atoms. The largest absolute Gasteiger partial charge is 0.370 e. The fraction of sp³-hybridized carbons (Fsp3) is 0.333. The van der Waals surface area contributed by atoms with E-state index in [0.717, 1.165) is 32.7 Å². The van der Waals surface area contributed by atoms with E-state index in [1.54, 1.807) is 0 Å². The lowest BCUT2D eigenvalue weighted by Crippen LogP contribution is -2.63. The highest BCUT2D eigenvalue weighted by Gasteiger charge is 2.38. The van der Waals surface area contributed by atoms with Crippen LogP contribution in [0.1, 0.15) is 37.8 Å². The Morgan fingerprint density at radius 1 is 0.867 bits per heavy atom. The Morgan fingerprint density at radius 3 is 2.09 bits per heavy atom. The second kappa shape index (κ2) is 14.2. The molecule has 5 rings (SSSR count). The fourth-order valence-corrected chi connectivity index (χ4v) is 6.34. The van der Waals surface area contributed by atoms with Gasteiger partial charge in [0.1, 0.15) is 6.04 Å². The summed E-state index contributed by atoms with van der Waals surface area (Å²) in [5, 5.41) is 17.6. The van der Waals surface area contributed by atoms with Crippen molar-refractivity contribution < 1.29 is 14.4 Å². The summed E-state index contributed by atoms with van der Waals surface area (Å²) in [6.07, 6.45) is 1.90. The molecule has 3 atom stereocenters. The van der Waals surface area contributed by atoms with Crippen LogP contribution >= 0.6 is 0 Å². The Labute approximate surface area is 264 Å². The molecule has 5 N–H and O–H groups in total. The average molecular weight is 607 g/mol. The topological polar surface area (TPSA) is 132 Å². The maximum absolute atomic E-state index is 14.2. The minimum absolute atomic E-state index is 0.0197. The fourth-order valence-electron chi connectivity index (χ4n) is 6.34. The van der Waals surface area contributed by atoms with Crippen LogP contribution in [0.5, 0.6) is 0 Å². The number of carbonyl (C=O) groups is 3. The number of rotatable bonds is 10. The summed E-state index contributed by atoms with van der Waals surface area (Å²) < 4.78 is 0. The van der Waals surface area contributed by atoms with Crippen LogP contribution in [-0.4, -0.2) is 71.2 Å². The third-order valence-corrected chi connectivity index (χ3v) is 8.57. The van der Waals surface area contributed by atoms with Crippen molar-refractivity contribution in [1.82, 2.24) is 20.4 Å². The Morgan fingerprint density at radius 2 is 1.47 bits per heavy atom. The summed E-state index contributed by atoms with van der Waals surface area (Å²) in [5.74, 6) is -0.509. The highest BCUT2D eigenvalue weighted by Crippen LogP contribution is 2.24. The number of benzene rings is 4. The predicted molar refractivity (Wildman–Crippen MR) is 179 cm³/mol. The number of fused-ring (bicyclic) bond motifs is 2. The lowest BCUT2D eigenvalue weighted by atomic mass is 9.97. The van der Waals surface area contributed by atoms with E-state index in [1.807, 2.05) is 83.5 Å². The zero-order valence-corrected chi connectivity index (χ0v) is 26.0. The van der Waals surface area contributed by atoms with Gasteiger partial charge in [0.25, 0.3) is 0 Å². The molecule has 0 unspecified atom stereocenters. The molecule has 0 radical (unpaired) electrons. The lowest BCUT2D eigenvalue weighted by Gasteiger charge is -2.46. The van der Waals surface area contributed by atoms with E-state index in [-0.39, 0.29) is 42.2 Å². The van der Waals surface area contributed by atoms with Crippen LogP contribution in [0.3, 0.4) is 0 Å². The van der Waals surface area contributed by atoms with E-state index in [0.29, 0.717) is 38.9 Å². The zero-order valence-electron chi connectivity index (χ0n) is 26.0. The molecule has 1 saturated heterocycles. The number of amides is 3. The van der Waals surface area contributed by atoms with E-state index in [9.17, 15) is 14.4 Å². The number of piperazine rings is 1. The van der Waals surface area contributed by atoms with Gasteiger partial charge in [0.2, 0.25) is 17.7 Å². The smallest absolute Gasteiger partial charge is 0.245 e. The maximum Gasteiger partial charge on any atom is 0.245 e. The van der Waals surface area contributed by atoms with Gasteiger partial charge in [-0.05, 0) is 52.4 Å². The number of guanidine groups is 1. The standard InChI is InChI=1S/C36H42N6O3/c1-24-22-42(35(45)33(40-25(2)43)20-26-13-15-28-8-3-5-10-30(28)18-26)32(12-7-17-39-36(37)38)23-41(24)34(44)21-27-14-16-29-9-4-6-11-31(29)19-27/h3-6,8-11,13-16,18-19,24,32-33H,7,12,17,20-23H2,1-2H3,(H,40,43)(H4,37,38,39)/t24-,32+,33-/m1/s1. The summed E-state index contributed by atoms with van der Waals surface area (Å²) in [6.45, 7) is 4.64. The first-order chi connectivity index (χ1) is 21.7. The van der Waals surface area contributed by atoms with E-state index < -0.39 is 6.04 Å². The molecule has 1 aliphatic rings. The first kappa shape index (κ1) is 31.5. The van der Waals surface area contributed by atoms with Crippen molar-refractivity contribution in [2.45, 2.75) is 57.7 Å². The summed E-state index contributed by atoms with van der Waals surface area (Å²) >= 11 is 0. The van der Waals surface area contributed by atoms with Crippen molar-refractivity contribution >= 4 is 45.2 Å². The molecule has 0 bridgehead atoms. The Hall–Kier alpha value is -4.92. The third kappa shape index (κ3) is 7.98. The molecule has 4 aromatic carbocycles. The summed E-state index contributed by atoms with van der Waals surface area (Å²) in [5.41, 5.74) is 7.39. The Balaban J connectivity index is 1.35. The highest BCUT2D eigenvalue weighted by atomic mass is 16.2. The molecule has 3 amide bonds. The first-order valence-corrected chi connectivity index (χ1v) is 15.6. The molecule has 234 valence electrons. The molecule has 1 heterocycles. The Kier molecular flexibility index (Phi) is 9.97. The highest BCUT2D eigenvalue weighted by molar-refractivity contribution is 5.89. The number of hydrogen-bond acceptors (Lipinski definition) is 4.